The van der Waals surface area contributed by atoms with E-state index in [9.17, 15) is 4.39 Å². The number of hydrogen-bond acceptors (Lipinski definition) is 4. The van der Waals surface area contributed by atoms with Crippen LogP contribution in [-0.4, -0.2) is 15.1 Å². The van der Waals surface area contributed by atoms with Crippen LogP contribution in [0.4, 0.5) is 4.39 Å². The molecule has 0 unspecified atom stereocenters. The molecule has 0 aliphatic carbocycles. The van der Waals surface area contributed by atoms with E-state index in [4.69, 9.17) is 4.52 Å². The number of rotatable bonds is 1. The summed E-state index contributed by atoms with van der Waals surface area (Å²) in [4.78, 5) is 7.74. The van der Waals surface area contributed by atoms with Crippen LogP contribution in [0.2, 0.25) is 0 Å². The normalized spacial score (nSPS) is 10.3. The molecule has 2 heterocycles. The van der Waals surface area contributed by atoms with E-state index in [0.29, 0.717) is 17.4 Å². The topological polar surface area (TPSA) is 51.8 Å². The molecule has 0 aliphatic heterocycles. The lowest BCUT2D eigenvalue weighted by atomic mass is 10.3. The maximum atomic E-state index is 12.5. The highest BCUT2D eigenvalue weighted by molar-refractivity contribution is 5.45. The van der Waals surface area contributed by atoms with Gasteiger partial charge in [-0.15, -0.1) is 0 Å². The second kappa shape index (κ2) is 2.93. The Morgan fingerprint density at radius 3 is 2.77 bits per heavy atom. The van der Waals surface area contributed by atoms with Crippen LogP contribution in [-0.2, 0) is 0 Å². The molecule has 0 fully saturated rings. The number of aromatic nitrogens is 3. The summed E-state index contributed by atoms with van der Waals surface area (Å²) in [6, 6.07) is 2.78. The van der Waals surface area contributed by atoms with Gasteiger partial charge in [0.05, 0.1) is 6.20 Å². The van der Waals surface area contributed by atoms with Crippen molar-refractivity contribution in [2.24, 2.45) is 0 Å². The Labute approximate surface area is 73.4 Å². The predicted molar refractivity (Wildman–Crippen MR) is 42.2 cm³/mol. The van der Waals surface area contributed by atoms with Gasteiger partial charge >= 0.3 is 0 Å². The van der Waals surface area contributed by atoms with Gasteiger partial charge in [-0.25, -0.2) is 9.37 Å². The van der Waals surface area contributed by atoms with Crippen molar-refractivity contribution in [3.63, 3.8) is 0 Å². The predicted octanol–water partition coefficient (Wildman–Crippen LogP) is 1.58. The summed E-state index contributed by atoms with van der Waals surface area (Å²) in [6.07, 6.45) is 1.11. The SMILES string of the molecule is Cc1noc(-c2ccc(F)cn2)n1. The summed E-state index contributed by atoms with van der Waals surface area (Å²) >= 11 is 0. The van der Waals surface area contributed by atoms with Gasteiger partial charge in [-0.05, 0) is 19.1 Å². The quantitative estimate of drug-likeness (QED) is 0.666. The van der Waals surface area contributed by atoms with Crippen LogP contribution in [0.15, 0.2) is 22.9 Å². The molecular weight excluding hydrogens is 173 g/mol. The maximum absolute atomic E-state index is 12.5. The van der Waals surface area contributed by atoms with E-state index in [-0.39, 0.29) is 5.82 Å². The third kappa shape index (κ3) is 1.53. The number of hydrogen-bond donors (Lipinski definition) is 0. The van der Waals surface area contributed by atoms with Gasteiger partial charge in [0.25, 0.3) is 5.89 Å². The molecule has 0 amide bonds. The van der Waals surface area contributed by atoms with E-state index >= 15 is 0 Å². The molecule has 0 saturated heterocycles. The molecule has 2 aromatic rings. The van der Waals surface area contributed by atoms with Gasteiger partial charge in [-0.3, -0.25) is 0 Å². The molecule has 0 spiro atoms. The summed E-state index contributed by atoms with van der Waals surface area (Å²) in [5, 5.41) is 3.60. The molecule has 4 nitrogen and oxygen atoms in total. The first-order chi connectivity index (χ1) is 6.25. The fourth-order valence-electron chi connectivity index (χ4n) is 0.903. The van der Waals surface area contributed by atoms with Crippen LogP contribution in [0.25, 0.3) is 11.6 Å². The summed E-state index contributed by atoms with van der Waals surface area (Å²) < 4.78 is 17.3. The van der Waals surface area contributed by atoms with Gasteiger partial charge in [0.2, 0.25) is 0 Å². The Morgan fingerprint density at radius 1 is 1.38 bits per heavy atom. The molecule has 0 N–H and O–H groups in total. The summed E-state index contributed by atoms with van der Waals surface area (Å²) in [5.74, 6) is 0.443. The van der Waals surface area contributed by atoms with E-state index in [1.807, 2.05) is 0 Å². The minimum absolute atomic E-state index is 0.303. The van der Waals surface area contributed by atoms with Crippen molar-refractivity contribution in [2.75, 3.05) is 0 Å². The lowest BCUT2D eigenvalue weighted by Gasteiger charge is -1.90. The average molecular weight is 179 g/mol. The molecule has 5 heteroatoms. The first-order valence-corrected chi connectivity index (χ1v) is 3.68. The molecule has 0 saturated carbocycles. The average Bonchev–Trinajstić information content (AvgIpc) is 2.53. The van der Waals surface area contributed by atoms with Crippen molar-refractivity contribution in [3.8, 4) is 11.6 Å². The molecule has 2 aromatic heterocycles. The molecule has 0 bridgehead atoms. The van der Waals surface area contributed by atoms with Crippen molar-refractivity contribution < 1.29 is 8.91 Å². The number of nitrogens with zero attached hydrogens (tertiary/aromatic N) is 3. The summed E-state index contributed by atoms with van der Waals surface area (Å²) in [6.45, 7) is 1.70. The highest BCUT2D eigenvalue weighted by Crippen LogP contribution is 2.13. The smallest absolute Gasteiger partial charge is 0.276 e. The first kappa shape index (κ1) is 7.85. The van der Waals surface area contributed by atoms with Gasteiger partial charge in [0, 0.05) is 0 Å². The lowest BCUT2D eigenvalue weighted by molar-refractivity contribution is 0.424. The van der Waals surface area contributed by atoms with Crippen LogP contribution in [0, 0.1) is 12.7 Å². The molecule has 0 aliphatic rings. The fourth-order valence-corrected chi connectivity index (χ4v) is 0.903. The second-order valence-electron chi connectivity index (χ2n) is 2.51. The number of aryl methyl sites for hydroxylation is 1. The Balaban J connectivity index is 2.41. The van der Waals surface area contributed by atoms with E-state index in [0.717, 1.165) is 6.20 Å². The van der Waals surface area contributed by atoms with Crippen LogP contribution >= 0.6 is 0 Å². The monoisotopic (exact) mass is 179 g/mol. The zero-order valence-electron chi connectivity index (χ0n) is 6.86. The number of halogens is 1. The van der Waals surface area contributed by atoms with Crippen molar-refractivity contribution in [1.82, 2.24) is 15.1 Å². The highest BCUT2D eigenvalue weighted by Gasteiger charge is 2.06. The van der Waals surface area contributed by atoms with Crippen LogP contribution in [0.3, 0.4) is 0 Å². The molecule has 2 rings (SSSR count). The Morgan fingerprint density at radius 2 is 2.23 bits per heavy atom. The molecular formula is C8H6FN3O. The molecule has 0 atom stereocenters. The van der Waals surface area contributed by atoms with Gasteiger partial charge in [0.15, 0.2) is 5.82 Å². The Hall–Kier alpha value is -1.78. The molecule has 66 valence electrons. The third-order valence-corrected chi connectivity index (χ3v) is 1.47. The maximum Gasteiger partial charge on any atom is 0.276 e. The lowest BCUT2D eigenvalue weighted by Crippen LogP contribution is -1.84. The standard InChI is InChI=1S/C8H6FN3O/c1-5-11-8(13-12-5)7-3-2-6(9)4-10-7/h2-4H,1H3. The van der Waals surface area contributed by atoms with E-state index in [2.05, 4.69) is 15.1 Å². The molecule has 13 heavy (non-hydrogen) atoms. The molecule has 0 radical (unpaired) electrons. The van der Waals surface area contributed by atoms with Crippen molar-refractivity contribution >= 4 is 0 Å². The van der Waals surface area contributed by atoms with Gasteiger partial charge < -0.3 is 4.52 Å². The van der Waals surface area contributed by atoms with E-state index in [1.165, 1.54) is 12.1 Å². The van der Waals surface area contributed by atoms with Gasteiger partial charge in [-0.2, -0.15) is 4.98 Å². The Bertz CT molecular complexity index is 410. The van der Waals surface area contributed by atoms with Crippen molar-refractivity contribution in [3.05, 3.63) is 30.0 Å². The number of pyridine rings is 1. The zero-order valence-corrected chi connectivity index (χ0v) is 6.86. The first-order valence-electron chi connectivity index (χ1n) is 3.68. The van der Waals surface area contributed by atoms with Crippen LogP contribution in [0.5, 0.6) is 0 Å². The summed E-state index contributed by atoms with van der Waals surface area (Å²) in [7, 11) is 0. The van der Waals surface area contributed by atoms with E-state index in [1.54, 1.807) is 6.92 Å². The fraction of sp³-hybridized carbons (Fsp3) is 0.125. The minimum atomic E-state index is -0.389. The minimum Gasteiger partial charge on any atom is -0.332 e. The second-order valence-corrected chi connectivity index (χ2v) is 2.51. The van der Waals surface area contributed by atoms with Gasteiger partial charge in [0.1, 0.15) is 11.5 Å². The van der Waals surface area contributed by atoms with E-state index < -0.39 is 0 Å². The summed E-state index contributed by atoms with van der Waals surface area (Å²) in [5.41, 5.74) is 0.474. The van der Waals surface area contributed by atoms with Crippen LogP contribution in [0.1, 0.15) is 5.82 Å². The van der Waals surface area contributed by atoms with Crippen molar-refractivity contribution in [1.29, 1.82) is 0 Å². The molecule has 0 aromatic carbocycles. The Kier molecular flexibility index (Phi) is 1.77. The van der Waals surface area contributed by atoms with Gasteiger partial charge in [-0.1, -0.05) is 5.16 Å². The van der Waals surface area contributed by atoms with Crippen LogP contribution < -0.4 is 0 Å². The zero-order chi connectivity index (χ0) is 9.26. The highest BCUT2D eigenvalue weighted by atomic mass is 19.1. The third-order valence-electron chi connectivity index (χ3n) is 1.47. The van der Waals surface area contributed by atoms with Crippen molar-refractivity contribution in [2.45, 2.75) is 6.92 Å². The largest absolute Gasteiger partial charge is 0.332 e.